The number of halogens is 1. The molecule has 4 N–H and O–H groups in total. The number of aromatic amines is 1. The maximum atomic E-state index is 5.96. The molecule has 0 spiro atoms. The molecule has 0 bridgehead atoms. The zero-order chi connectivity index (χ0) is 18.4. The summed E-state index contributed by atoms with van der Waals surface area (Å²) in [5.74, 6) is 1.89. The van der Waals surface area contributed by atoms with Gasteiger partial charge in [0.1, 0.15) is 0 Å². The summed E-state index contributed by atoms with van der Waals surface area (Å²) in [4.78, 5) is 7.73. The highest BCUT2D eigenvalue weighted by molar-refractivity contribution is 14.0. The average molecular weight is 480 g/mol. The molecule has 27 heavy (non-hydrogen) atoms. The molecule has 0 aliphatic heterocycles. The minimum Gasteiger partial charge on any atom is -0.493 e. The average Bonchev–Trinajstić information content (AvgIpc) is 3.09. The molecule has 0 radical (unpaired) electrons. The molecule has 1 heterocycles. The van der Waals surface area contributed by atoms with Crippen LogP contribution in [0.25, 0.3) is 10.9 Å². The van der Waals surface area contributed by atoms with Crippen LogP contribution in [0.15, 0.2) is 53.5 Å². The van der Waals surface area contributed by atoms with Gasteiger partial charge in [-0.2, -0.15) is 0 Å². The summed E-state index contributed by atoms with van der Waals surface area (Å²) in [6.45, 7) is 1.21. The van der Waals surface area contributed by atoms with E-state index in [1.165, 1.54) is 5.39 Å². The highest BCUT2D eigenvalue weighted by Gasteiger charge is 2.04. The largest absolute Gasteiger partial charge is 0.493 e. The number of nitrogens with two attached hydrogens (primary N) is 1. The van der Waals surface area contributed by atoms with Crippen LogP contribution in [0, 0.1) is 0 Å². The fourth-order valence-electron chi connectivity index (χ4n) is 2.82. The third-order valence-corrected chi connectivity index (χ3v) is 4.17. The molecule has 0 atom stereocenters. The van der Waals surface area contributed by atoms with Gasteiger partial charge < -0.3 is 25.5 Å². The van der Waals surface area contributed by atoms with Crippen molar-refractivity contribution in [1.29, 1.82) is 0 Å². The minimum atomic E-state index is 0. The van der Waals surface area contributed by atoms with E-state index in [-0.39, 0.29) is 24.0 Å². The Morgan fingerprint density at radius 2 is 1.85 bits per heavy atom. The normalized spacial score (nSPS) is 11.1. The van der Waals surface area contributed by atoms with Gasteiger partial charge in [0.2, 0.25) is 0 Å². The van der Waals surface area contributed by atoms with E-state index in [4.69, 9.17) is 15.2 Å². The predicted octanol–water partition coefficient (Wildman–Crippen LogP) is 3.45. The molecule has 0 saturated heterocycles. The fraction of sp³-hybridized carbons (Fsp3) is 0.250. The first-order valence-electron chi connectivity index (χ1n) is 8.51. The van der Waals surface area contributed by atoms with Crippen LogP contribution in [-0.2, 0) is 13.0 Å². The van der Waals surface area contributed by atoms with Crippen molar-refractivity contribution in [3.63, 3.8) is 0 Å². The maximum absolute atomic E-state index is 5.96. The lowest BCUT2D eigenvalue weighted by molar-refractivity contribution is 0.354. The van der Waals surface area contributed by atoms with Crippen molar-refractivity contribution < 1.29 is 9.47 Å². The number of hydrogen-bond donors (Lipinski definition) is 3. The molecule has 144 valence electrons. The summed E-state index contributed by atoms with van der Waals surface area (Å²) in [5.41, 5.74) is 9.25. The molecule has 1 aromatic heterocycles. The van der Waals surface area contributed by atoms with Gasteiger partial charge >= 0.3 is 0 Å². The predicted molar refractivity (Wildman–Crippen MR) is 120 cm³/mol. The maximum Gasteiger partial charge on any atom is 0.188 e. The second kappa shape index (κ2) is 10.1. The van der Waals surface area contributed by atoms with Crippen molar-refractivity contribution in [3.8, 4) is 11.5 Å². The molecular weight excluding hydrogens is 455 g/mol. The van der Waals surface area contributed by atoms with Crippen molar-refractivity contribution in [2.75, 3.05) is 20.8 Å². The van der Waals surface area contributed by atoms with Crippen molar-refractivity contribution in [1.82, 2.24) is 10.3 Å². The van der Waals surface area contributed by atoms with Crippen LogP contribution in [0.1, 0.15) is 11.3 Å². The smallest absolute Gasteiger partial charge is 0.188 e. The number of nitrogens with one attached hydrogen (secondary N) is 2. The van der Waals surface area contributed by atoms with Gasteiger partial charge in [-0.3, -0.25) is 0 Å². The van der Waals surface area contributed by atoms with Crippen molar-refractivity contribution >= 4 is 40.8 Å². The number of para-hydroxylation sites is 1. The number of hydrogen-bond acceptors (Lipinski definition) is 3. The third-order valence-electron chi connectivity index (χ3n) is 4.17. The van der Waals surface area contributed by atoms with Gasteiger partial charge in [0.25, 0.3) is 0 Å². The molecule has 2 aromatic carbocycles. The Balaban J connectivity index is 0.00000261. The minimum absolute atomic E-state index is 0. The molecule has 0 unspecified atom stereocenters. The quantitative estimate of drug-likeness (QED) is 0.275. The first-order valence-corrected chi connectivity index (χ1v) is 8.51. The number of H-pyrrole nitrogens is 1. The lowest BCUT2D eigenvalue weighted by Crippen LogP contribution is -2.33. The van der Waals surface area contributed by atoms with E-state index < -0.39 is 0 Å². The topological polar surface area (TPSA) is 84.7 Å². The summed E-state index contributed by atoms with van der Waals surface area (Å²) < 4.78 is 10.6. The summed E-state index contributed by atoms with van der Waals surface area (Å²) in [6.07, 6.45) is 0.808. The van der Waals surface area contributed by atoms with Gasteiger partial charge in [0.15, 0.2) is 17.5 Å². The lowest BCUT2D eigenvalue weighted by atomic mass is 10.1. The number of fused-ring (bicyclic) bond motifs is 1. The first-order chi connectivity index (χ1) is 12.7. The summed E-state index contributed by atoms with van der Waals surface area (Å²) in [7, 11) is 3.26. The van der Waals surface area contributed by atoms with E-state index in [1.54, 1.807) is 14.2 Å². The molecule has 0 aliphatic carbocycles. The highest BCUT2D eigenvalue weighted by atomic mass is 127. The Bertz CT molecular complexity index is 875. The van der Waals surface area contributed by atoms with Gasteiger partial charge in [0.05, 0.1) is 20.8 Å². The van der Waals surface area contributed by atoms with Gasteiger partial charge in [0, 0.05) is 17.8 Å². The van der Waals surface area contributed by atoms with Crippen LogP contribution < -0.4 is 20.5 Å². The Morgan fingerprint density at radius 3 is 2.59 bits per heavy atom. The Morgan fingerprint density at radius 1 is 1.07 bits per heavy atom. The third kappa shape index (κ3) is 5.53. The van der Waals surface area contributed by atoms with Crippen LogP contribution >= 0.6 is 24.0 Å². The fourth-order valence-corrected chi connectivity index (χ4v) is 2.82. The van der Waals surface area contributed by atoms with Gasteiger partial charge in [-0.25, -0.2) is 4.99 Å². The molecule has 0 saturated carbocycles. The van der Waals surface area contributed by atoms with Gasteiger partial charge in [-0.1, -0.05) is 24.3 Å². The molecule has 7 heteroatoms. The van der Waals surface area contributed by atoms with E-state index in [2.05, 4.69) is 27.4 Å². The Labute approximate surface area is 176 Å². The van der Waals surface area contributed by atoms with Crippen LogP contribution in [0.4, 0.5) is 0 Å². The number of aliphatic imine (C=N–C) groups is 1. The summed E-state index contributed by atoms with van der Waals surface area (Å²) in [6, 6.07) is 16.1. The summed E-state index contributed by atoms with van der Waals surface area (Å²) in [5, 5.41) is 4.32. The molecule has 3 rings (SSSR count). The number of methoxy groups -OCH3 is 2. The summed E-state index contributed by atoms with van der Waals surface area (Å²) >= 11 is 0. The van der Waals surface area contributed by atoms with Gasteiger partial charge in [-0.15, -0.1) is 24.0 Å². The number of nitrogens with zero attached hydrogens (tertiary/aromatic N) is 1. The number of guanidine groups is 1. The van der Waals surface area contributed by atoms with Gasteiger partial charge in [-0.05, 0) is 41.6 Å². The lowest BCUT2D eigenvalue weighted by Gasteiger charge is -2.10. The Kier molecular flexibility index (Phi) is 7.78. The van der Waals surface area contributed by atoms with Crippen LogP contribution in [0.2, 0.25) is 0 Å². The SMILES string of the molecule is COc1ccc(CCNC(N)=NCc2cc3ccccc3[nH]2)cc1OC.I. The van der Waals surface area contributed by atoms with E-state index in [0.29, 0.717) is 19.0 Å². The number of rotatable bonds is 7. The second-order valence-electron chi connectivity index (χ2n) is 5.95. The van der Waals surface area contributed by atoms with Crippen molar-refractivity contribution in [2.24, 2.45) is 10.7 Å². The molecule has 0 fully saturated rings. The molecular formula is C20H25IN4O2. The van der Waals surface area contributed by atoms with Crippen molar-refractivity contribution in [3.05, 3.63) is 59.8 Å². The molecule has 0 aliphatic rings. The number of ether oxygens (including phenoxy) is 2. The van der Waals surface area contributed by atoms with Crippen LogP contribution in [0.3, 0.4) is 0 Å². The monoisotopic (exact) mass is 480 g/mol. The van der Waals surface area contributed by atoms with Crippen LogP contribution in [0.5, 0.6) is 11.5 Å². The van der Waals surface area contributed by atoms with E-state index >= 15 is 0 Å². The molecule has 3 aromatic rings. The van der Waals surface area contributed by atoms with Crippen LogP contribution in [-0.4, -0.2) is 31.7 Å². The number of benzene rings is 2. The van der Waals surface area contributed by atoms with E-state index in [0.717, 1.165) is 34.7 Å². The first kappa shape index (κ1) is 20.9. The zero-order valence-electron chi connectivity index (χ0n) is 15.5. The standard InChI is InChI=1S/C20H24N4O2.HI/c1-25-18-8-7-14(11-19(18)26-2)9-10-22-20(21)23-13-16-12-15-5-3-4-6-17(15)24-16;/h3-8,11-12,24H,9-10,13H2,1-2H3,(H3,21,22,23);1H. The Hall–Kier alpha value is -2.42. The molecule has 0 amide bonds. The van der Waals surface area contributed by atoms with E-state index in [9.17, 15) is 0 Å². The van der Waals surface area contributed by atoms with Crippen molar-refractivity contribution in [2.45, 2.75) is 13.0 Å². The molecule has 6 nitrogen and oxygen atoms in total. The highest BCUT2D eigenvalue weighted by Crippen LogP contribution is 2.27. The zero-order valence-corrected chi connectivity index (χ0v) is 17.8. The number of aromatic nitrogens is 1. The second-order valence-corrected chi connectivity index (χ2v) is 5.95. The van der Waals surface area contributed by atoms with E-state index in [1.807, 2.05) is 36.4 Å².